The number of amides is 1. The highest BCUT2D eigenvalue weighted by molar-refractivity contribution is 6.30. The number of carbonyl (C=O) groups excluding carboxylic acids is 1. The van der Waals surface area contributed by atoms with E-state index < -0.39 is 0 Å². The molecule has 1 aromatic carbocycles. The molecule has 5 nitrogen and oxygen atoms in total. The molecular formula is C17H25ClN4O. The van der Waals surface area contributed by atoms with E-state index in [2.05, 4.69) is 26.5 Å². The van der Waals surface area contributed by atoms with Gasteiger partial charge in [-0.3, -0.25) is 9.69 Å². The minimum atomic E-state index is 0.162. The average Bonchev–Trinajstić information content (AvgIpc) is 3.10. The molecule has 6 heteroatoms. The van der Waals surface area contributed by atoms with Gasteiger partial charge in [0.1, 0.15) is 0 Å². The van der Waals surface area contributed by atoms with Crippen molar-refractivity contribution in [3.63, 3.8) is 0 Å². The lowest BCUT2D eigenvalue weighted by atomic mass is 10.1. The third-order valence-electron chi connectivity index (χ3n) is 4.70. The molecule has 2 heterocycles. The lowest BCUT2D eigenvalue weighted by Gasteiger charge is -2.36. The normalized spacial score (nSPS) is 22.3. The van der Waals surface area contributed by atoms with Crippen LogP contribution in [0.25, 0.3) is 0 Å². The van der Waals surface area contributed by atoms with Crippen LogP contribution in [0.1, 0.15) is 6.42 Å². The van der Waals surface area contributed by atoms with Gasteiger partial charge >= 0.3 is 0 Å². The summed E-state index contributed by atoms with van der Waals surface area (Å²) in [5.41, 5.74) is 1.19. The quantitative estimate of drug-likeness (QED) is 0.848. The molecule has 2 fully saturated rings. The van der Waals surface area contributed by atoms with Crippen molar-refractivity contribution in [3.05, 3.63) is 29.3 Å². The molecule has 0 spiro atoms. The molecule has 0 aromatic heterocycles. The minimum Gasteiger partial charge on any atom is -0.369 e. The molecule has 2 N–H and O–H groups in total. The molecule has 0 radical (unpaired) electrons. The molecule has 0 bridgehead atoms. The van der Waals surface area contributed by atoms with Crippen molar-refractivity contribution in [3.8, 4) is 0 Å². The fraction of sp³-hybridized carbons (Fsp3) is 0.588. The Morgan fingerprint density at radius 1 is 1.30 bits per heavy atom. The van der Waals surface area contributed by atoms with Gasteiger partial charge in [-0.1, -0.05) is 17.7 Å². The number of benzene rings is 1. The summed E-state index contributed by atoms with van der Waals surface area (Å²) in [4.78, 5) is 16.7. The molecule has 1 atom stereocenters. The van der Waals surface area contributed by atoms with E-state index in [1.165, 1.54) is 5.69 Å². The Labute approximate surface area is 143 Å². The number of nitrogens with zero attached hydrogens (tertiary/aromatic N) is 2. The fourth-order valence-corrected chi connectivity index (χ4v) is 3.45. The fourth-order valence-electron chi connectivity index (χ4n) is 3.26. The lowest BCUT2D eigenvalue weighted by molar-refractivity contribution is -0.124. The van der Waals surface area contributed by atoms with E-state index in [1.54, 1.807) is 0 Å². The Morgan fingerprint density at radius 3 is 2.83 bits per heavy atom. The minimum absolute atomic E-state index is 0.162. The van der Waals surface area contributed by atoms with Crippen LogP contribution in [0.2, 0.25) is 5.02 Å². The van der Waals surface area contributed by atoms with Gasteiger partial charge in [0, 0.05) is 56.5 Å². The third kappa shape index (κ3) is 4.59. The molecule has 126 valence electrons. The van der Waals surface area contributed by atoms with Gasteiger partial charge in [0.05, 0.1) is 5.92 Å². The van der Waals surface area contributed by atoms with Gasteiger partial charge in [-0.2, -0.15) is 0 Å². The number of nitrogens with one attached hydrogen (secondary N) is 2. The SMILES string of the molecule is O=C(NCCN1CCN(c2cccc(Cl)c2)CC1)C1CCNC1. The Morgan fingerprint density at radius 2 is 2.13 bits per heavy atom. The van der Waals surface area contributed by atoms with Crippen LogP contribution >= 0.6 is 11.6 Å². The zero-order valence-electron chi connectivity index (χ0n) is 13.4. The second kappa shape index (κ2) is 7.99. The summed E-state index contributed by atoms with van der Waals surface area (Å²) in [6.07, 6.45) is 0.962. The van der Waals surface area contributed by atoms with Crippen LogP contribution in [0.3, 0.4) is 0 Å². The molecule has 2 aliphatic heterocycles. The van der Waals surface area contributed by atoms with E-state index in [0.29, 0.717) is 0 Å². The van der Waals surface area contributed by atoms with Gasteiger partial charge in [-0.25, -0.2) is 0 Å². The van der Waals surface area contributed by atoms with Gasteiger partial charge in [0.2, 0.25) is 5.91 Å². The zero-order valence-corrected chi connectivity index (χ0v) is 14.2. The summed E-state index contributed by atoms with van der Waals surface area (Å²) in [6.45, 7) is 7.50. The van der Waals surface area contributed by atoms with Crippen LogP contribution in [0.5, 0.6) is 0 Å². The molecule has 2 saturated heterocycles. The molecule has 3 rings (SSSR count). The van der Waals surface area contributed by atoms with Gasteiger partial charge < -0.3 is 15.5 Å². The molecule has 1 aromatic rings. The summed E-state index contributed by atoms with van der Waals surface area (Å²) in [5, 5.41) is 7.09. The monoisotopic (exact) mass is 336 g/mol. The maximum absolute atomic E-state index is 12.0. The van der Waals surface area contributed by atoms with Crippen molar-refractivity contribution in [1.29, 1.82) is 0 Å². The smallest absolute Gasteiger partial charge is 0.224 e. The van der Waals surface area contributed by atoms with Gasteiger partial charge in [0.25, 0.3) is 0 Å². The van der Waals surface area contributed by atoms with Crippen LogP contribution in [-0.2, 0) is 4.79 Å². The summed E-state index contributed by atoms with van der Waals surface area (Å²) in [7, 11) is 0. The predicted octanol–water partition coefficient (Wildman–Crippen LogP) is 1.19. The maximum atomic E-state index is 12.0. The first-order chi connectivity index (χ1) is 11.2. The Bertz CT molecular complexity index is 525. The number of hydrogen-bond donors (Lipinski definition) is 2. The van der Waals surface area contributed by atoms with E-state index in [0.717, 1.165) is 63.8 Å². The highest BCUT2D eigenvalue weighted by atomic mass is 35.5. The number of piperazine rings is 1. The summed E-state index contributed by atoms with van der Waals surface area (Å²) in [5.74, 6) is 0.363. The van der Waals surface area contributed by atoms with E-state index in [-0.39, 0.29) is 11.8 Å². The van der Waals surface area contributed by atoms with Crippen molar-refractivity contribution in [1.82, 2.24) is 15.5 Å². The first kappa shape index (κ1) is 16.6. The average molecular weight is 337 g/mol. The second-order valence-electron chi connectivity index (χ2n) is 6.29. The largest absolute Gasteiger partial charge is 0.369 e. The van der Waals surface area contributed by atoms with Gasteiger partial charge in [0.15, 0.2) is 0 Å². The topological polar surface area (TPSA) is 47.6 Å². The summed E-state index contributed by atoms with van der Waals surface area (Å²) in [6, 6.07) is 8.03. The highest BCUT2D eigenvalue weighted by Gasteiger charge is 2.22. The first-order valence-electron chi connectivity index (χ1n) is 8.44. The zero-order chi connectivity index (χ0) is 16.1. The van der Waals surface area contributed by atoms with E-state index in [1.807, 2.05) is 18.2 Å². The molecule has 1 amide bonds. The van der Waals surface area contributed by atoms with E-state index in [9.17, 15) is 4.79 Å². The molecule has 1 unspecified atom stereocenters. The summed E-state index contributed by atoms with van der Waals surface area (Å²) < 4.78 is 0. The highest BCUT2D eigenvalue weighted by Crippen LogP contribution is 2.20. The third-order valence-corrected chi connectivity index (χ3v) is 4.94. The van der Waals surface area contributed by atoms with Crippen LogP contribution in [0, 0.1) is 5.92 Å². The Balaban J connectivity index is 1.37. The molecule has 2 aliphatic rings. The number of hydrogen-bond acceptors (Lipinski definition) is 4. The van der Waals surface area contributed by atoms with Crippen LogP contribution in [0.15, 0.2) is 24.3 Å². The molecule has 0 saturated carbocycles. The second-order valence-corrected chi connectivity index (χ2v) is 6.73. The Kier molecular flexibility index (Phi) is 5.75. The standard InChI is InChI=1S/C17H25ClN4O/c18-15-2-1-3-16(12-15)22-10-8-21(9-11-22)7-6-20-17(23)14-4-5-19-13-14/h1-3,12,14,19H,4-11,13H2,(H,20,23). The van der Waals surface area contributed by atoms with Crippen molar-refractivity contribution >= 4 is 23.2 Å². The number of halogens is 1. The van der Waals surface area contributed by atoms with Crippen molar-refractivity contribution in [2.75, 3.05) is 57.3 Å². The van der Waals surface area contributed by atoms with E-state index in [4.69, 9.17) is 11.6 Å². The number of anilines is 1. The molecular weight excluding hydrogens is 312 g/mol. The summed E-state index contributed by atoms with van der Waals surface area (Å²) >= 11 is 6.06. The number of rotatable bonds is 5. The number of carbonyl (C=O) groups is 1. The van der Waals surface area contributed by atoms with Crippen LogP contribution < -0.4 is 15.5 Å². The molecule has 23 heavy (non-hydrogen) atoms. The van der Waals surface area contributed by atoms with Crippen molar-refractivity contribution in [2.45, 2.75) is 6.42 Å². The maximum Gasteiger partial charge on any atom is 0.224 e. The Hall–Kier alpha value is -1.30. The van der Waals surface area contributed by atoms with Crippen LogP contribution in [-0.4, -0.2) is 63.2 Å². The van der Waals surface area contributed by atoms with E-state index >= 15 is 0 Å². The van der Waals surface area contributed by atoms with Gasteiger partial charge in [-0.05, 0) is 31.2 Å². The van der Waals surface area contributed by atoms with Gasteiger partial charge in [-0.15, -0.1) is 0 Å². The van der Waals surface area contributed by atoms with Crippen LogP contribution in [0.4, 0.5) is 5.69 Å². The first-order valence-corrected chi connectivity index (χ1v) is 8.81. The van der Waals surface area contributed by atoms with Crippen molar-refractivity contribution in [2.24, 2.45) is 5.92 Å². The van der Waals surface area contributed by atoms with Crippen molar-refractivity contribution < 1.29 is 4.79 Å². The molecule has 0 aliphatic carbocycles. The predicted molar refractivity (Wildman–Crippen MR) is 94.1 cm³/mol. The lowest BCUT2D eigenvalue weighted by Crippen LogP contribution is -2.48.